The average Bonchev–Trinajstić information content (AvgIpc) is 2.73. The Morgan fingerprint density at radius 1 is 1.12 bits per heavy atom. The standard InChI is InChI=1S/C15H11NS/c1-2-7-14-13(6-1)16-9-8-11-4-3-5-12(10-17-14)15(11)16/h1-4,6-10H,5H2. The van der Waals surface area contributed by atoms with Gasteiger partial charge in [-0.05, 0) is 41.2 Å². The molecule has 1 aromatic carbocycles. The molecule has 0 bridgehead atoms. The second-order valence-electron chi connectivity index (χ2n) is 4.32. The van der Waals surface area contributed by atoms with Gasteiger partial charge in [0.25, 0.3) is 0 Å². The summed E-state index contributed by atoms with van der Waals surface area (Å²) in [5.74, 6) is 0. The number of para-hydroxylation sites is 1. The van der Waals surface area contributed by atoms with Gasteiger partial charge in [-0.25, -0.2) is 0 Å². The maximum absolute atomic E-state index is 2.32. The average molecular weight is 237 g/mol. The van der Waals surface area contributed by atoms with E-state index in [1.165, 1.54) is 27.4 Å². The summed E-state index contributed by atoms with van der Waals surface area (Å²) in [7, 11) is 0. The fraction of sp³-hybridized carbons (Fsp3) is 0.0667. The van der Waals surface area contributed by atoms with Crippen molar-refractivity contribution < 1.29 is 0 Å². The van der Waals surface area contributed by atoms with Gasteiger partial charge in [0, 0.05) is 11.1 Å². The zero-order valence-corrected chi connectivity index (χ0v) is 10.1. The minimum Gasteiger partial charge on any atom is -0.315 e. The second kappa shape index (κ2) is 3.41. The van der Waals surface area contributed by atoms with Crippen molar-refractivity contribution in [2.45, 2.75) is 11.3 Å². The lowest BCUT2D eigenvalue weighted by atomic mass is 10.0. The van der Waals surface area contributed by atoms with E-state index in [1.807, 2.05) is 11.8 Å². The smallest absolute Gasteiger partial charge is 0.0595 e. The molecule has 0 saturated heterocycles. The summed E-state index contributed by atoms with van der Waals surface area (Å²) in [5.41, 5.74) is 5.42. The molecule has 82 valence electrons. The monoisotopic (exact) mass is 237 g/mol. The molecule has 0 saturated carbocycles. The molecule has 0 fully saturated rings. The molecule has 1 aliphatic carbocycles. The predicted octanol–water partition coefficient (Wildman–Crippen LogP) is 4.34. The van der Waals surface area contributed by atoms with E-state index in [2.05, 4.69) is 58.7 Å². The number of aromatic nitrogens is 1. The van der Waals surface area contributed by atoms with Gasteiger partial charge in [0.1, 0.15) is 0 Å². The van der Waals surface area contributed by atoms with Gasteiger partial charge in [-0.15, -0.1) is 0 Å². The Kier molecular flexibility index (Phi) is 1.88. The Morgan fingerprint density at radius 3 is 3.06 bits per heavy atom. The van der Waals surface area contributed by atoms with Crippen LogP contribution in [-0.2, 0) is 0 Å². The van der Waals surface area contributed by atoms with Gasteiger partial charge in [-0.1, -0.05) is 36.0 Å². The van der Waals surface area contributed by atoms with E-state index in [0.717, 1.165) is 6.42 Å². The van der Waals surface area contributed by atoms with Crippen LogP contribution in [0.3, 0.4) is 0 Å². The van der Waals surface area contributed by atoms with Crippen LogP contribution in [0.25, 0.3) is 17.3 Å². The fourth-order valence-electron chi connectivity index (χ4n) is 2.53. The molecule has 1 aromatic heterocycles. The number of benzene rings is 1. The highest BCUT2D eigenvalue weighted by Crippen LogP contribution is 2.40. The number of hydrogen-bond acceptors (Lipinski definition) is 1. The third kappa shape index (κ3) is 1.28. The van der Waals surface area contributed by atoms with Crippen LogP contribution >= 0.6 is 11.8 Å². The highest BCUT2D eigenvalue weighted by Gasteiger charge is 2.19. The van der Waals surface area contributed by atoms with Crippen LogP contribution in [0.5, 0.6) is 0 Å². The first-order chi connectivity index (χ1) is 8.43. The first-order valence-electron chi connectivity index (χ1n) is 5.77. The van der Waals surface area contributed by atoms with Gasteiger partial charge in [0.05, 0.1) is 11.4 Å². The number of fused-ring (bicyclic) bond motifs is 2. The molecule has 17 heavy (non-hydrogen) atoms. The number of rotatable bonds is 0. The van der Waals surface area contributed by atoms with Crippen LogP contribution < -0.4 is 0 Å². The Bertz CT molecular complexity index is 661. The number of hydrogen-bond donors (Lipinski definition) is 0. The van der Waals surface area contributed by atoms with Crippen molar-refractivity contribution >= 4 is 23.4 Å². The van der Waals surface area contributed by atoms with Crippen molar-refractivity contribution in [3.8, 4) is 5.69 Å². The zero-order valence-electron chi connectivity index (χ0n) is 9.26. The van der Waals surface area contributed by atoms with Gasteiger partial charge in [-0.3, -0.25) is 0 Å². The quantitative estimate of drug-likeness (QED) is 0.659. The van der Waals surface area contributed by atoms with Gasteiger partial charge in [-0.2, -0.15) is 0 Å². The highest BCUT2D eigenvalue weighted by molar-refractivity contribution is 8.02. The Hall–Kier alpha value is -1.67. The zero-order chi connectivity index (χ0) is 11.2. The number of nitrogens with zero attached hydrogens (tertiary/aromatic N) is 1. The van der Waals surface area contributed by atoms with Gasteiger partial charge < -0.3 is 4.57 Å². The van der Waals surface area contributed by atoms with Crippen LogP contribution in [-0.4, -0.2) is 4.57 Å². The third-order valence-electron chi connectivity index (χ3n) is 3.31. The van der Waals surface area contributed by atoms with Crippen molar-refractivity contribution in [3.63, 3.8) is 0 Å². The molecule has 1 aliphatic heterocycles. The van der Waals surface area contributed by atoms with Crippen LogP contribution in [0, 0.1) is 0 Å². The minimum absolute atomic E-state index is 1.04. The van der Waals surface area contributed by atoms with Crippen LogP contribution in [0.2, 0.25) is 0 Å². The summed E-state index contributed by atoms with van der Waals surface area (Å²) in [4.78, 5) is 1.33. The number of allylic oxidation sites excluding steroid dienone is 2. The fourth-order valence-corrected chi connectivity index (χ4v) is 3.45. The summed E-state index contributed by atoms with van der Waals surface area (Å²) in [6.45, 7) is 0. The van der Waals surface area contributed by atoms with Crippen molar-refractivity contribution in [2.75, 3.05) is 0 Å². The minimum atomic E-state index is 1.04. The molecule has 0 N–H and O–H groups in total. The molecule has 4 rings (SSSR count). The maximum atomic E-state index is 2.32. The molecule has 0 unspecified atom stereocenters. The van der Waals surface area contributed by atoms with Crippen molar-refractivity contribution in [1.29, 1.82) is 0 Å². The van der Waals surface area contributed by atoms with Crippen LogP contribution in [0.15, 0.2) is 52.9 Å². The molecule has 2 aliphatic rings. The van der Waals surface area contributed by atoms with Crippen molar-refractivity contribution in [1.82, 2.24) is 4.57 Å². The molecule has 1 nitrogen and oxygen atoms in total. The SMILES string of the molecule is C1=Cc2ccn3c2C(=CSc2ccccc2-3)C1. The summed E-state index contributed by atoms with van der Waals surface area (Å²) in [6.07, 6.45) is 7.69. The topological polar surface area (TPSA) is 4.93 Å². The maximum Gasteiger partial charge on any atom is 0.0595 e. The molecule has 0 spiro atoms. The Labute approximate surface area is 104 Å². The van der Waals surface area contributed by atoms with E-state index in [-0.39, 0.29) is 0 Å². The molecule has 2 heterocycles. The van der Waals surface area contributed by atoms with E-state index in [0.29, 0.717) is 0 Å². The molecule has 2 aromatic rings. The van der Waals surface area contributed by atoms with Gasteiger partial charge in [0.15, 0.2) is 0 Å². The molecular formula is C15H11NS. The summed E-state index contributed by atoms with van der Waals surface area (Å²) >= 11 is 1.83. The van der Waals surface area contributed by atoms with E-state index >= 15 is 0 Å². The Morgan fingerprint density at radius 2 is 2.06 bits per heavy atom. The van der Waals surface area contributed by atoms with E-state index < -0.39 is 0 Å². The van der Waals surface area contributed by atoms with E-state index in [4.69, 9.17) is 0 Å². The lowest BCUT2D eigenvalue weighted by molar-refractivity contribution is 1.01. The van der Waals surface area contributed by atoms with Crippen molar-refractivity contribution in [3.05, 3.63) is 59.3 Å². The number of thioether (sulfide) groups is 1. The lowest BCUT2D eigenvalue weighted by Crippen LogP contribution is -2.00. The summed E-state index contributed by atoms with van der Waals surface area (Å²) in [6, 6.07) is 10.8. The normalized spacial score (nSPS) is 15.9. The van der Waals surface area contributed by atoms with E-state index in [9.17, 15) is 0 Å². The predicted molar refractivity (Wildman–Crippen MR) is 73.3 cm³/mol. The van der Waals surface area contributed by atoms with Crippen LogP contribution in [0.4, 0.5) is 0 Å². The molecular weight excluding hydrogens is 226 g/mol. The summed E-state index contributed by atoms with van der Waals surface area (Å²) < 4.78 is 2.32. The lowest BCUT2D eigenvalue weighted by Gasteiger charge is -2.13. The highest BCUT2D eigenvalue weighted by atomic mass is 32.2. The Balaban J connectivity index is 2.09. The van der Waals surface area contributed by atoms with Gasteiger partial charge in [0.2, 0.25) is 0 Å². The summed E-state index contributed by atoms with van der Waals surface area (Å²) in [5, 5.41) is 2.30. The second-order valence-corrected chi connectivity index (χ2v) is 5.24. The van der Waals surface area contributed by atoms with Crippen molar-refractivity contribution in [2.24, 2.45) is 0 Å². The molecule has 0 amide bonds. The molecule has 2 heteroatoms. The van der Waals surface area contributed by atoms with Crippen LogP contribution in [0.1, 0.15) is 17.7 Å². The largest absolute Gasteiger partial charge is 0.315 e. The third-order valence-corrected chi connectivity index (χ3v) is 4.31. The van der Waals surface area contributed by atoms with E-state index in [1.54, 1.807) is 0 Å². The molecule has 0 atom stereocenters. The first-order valence-corrected chi connectivity index (χ1v) is 6.65. The molecule has 0 radical (unpaired) electrons. The first kappa shape index (κ1) is 9.37. The van der Waals surface area contributed by atoms with Gasteiger partial charge >= 0.3 is 0 Å².